The van der Waals surface area contributed by atoms with Gasteiger partial charge in [0.1, 0.15) is 5.69 Å². The number of nitrogens with zero attached hydrogens (tertiary/aromatic N) is 2. The monoisotopic (exact) mass is 327 g/mol. The molecule has 1 unspecified atom stereocenters. The van der Waals surface area contributed by atoms with E-state index in [0.717, 1.165) is 12.8 Å². The third-order valence-electron chi connectivity index (χ3n) is 3.74. The number of hydrogen-bond acceptors (Lipinski definition) is 5. The quantitative estimate of drug-likeness (QED) is 0.841. The summed E-state index contributed by atoms with van der Waals surface area (Å²) >= 11 is 0. The van der Waals surface area contributed by atoms with Crippen LogP contribution in [0.2, 0.25) is 0 Å². The molecule has 0 aliphatic carbocycles. The molecule has 2 heterocycles. The van der Waals surface area contributed by atoms with Crippen molar-refractivity contribution in [2.45, 2.75) is 45.2 Å². The van der Waals surface area contributed by atoms with Gasteiger partial charge in [0, 0.05) is 12.6 Å². The molecule has 22 heavy (non-hydrogen) atoms. The van der Waals surface area contributed by atoms with Gasteiger partial charge in [0.15, 0.2) is 9.84 Å². The molecule has 7 nitrogen and oxygen atoms in total. The maximum atomic E-state index is 12.3. The Hall–Kier alpha value is -1.70. The van der Waals surface area contributed by atoms with Gasteiger partial charge in [-0.05, 0) is 25.8 Å². The van der Waals surface area contributed by atoms with E-state index in [0.29, 0.717) is 13.0 Å². The molecule has 1 N–H and O–H groups in total. The Bertz CT molecular complexity index is 726. The van der Waals surface area contributed by atoms with Gasteiger partial charge in [0.2, 0.25) is 0 Å². The van der Waals surface area contributed by atoms with Crippen LogP contribution in [0, 0.1) is 0 Å². The van der Waals surface area contributed by atoms with Crippen LogP contribution >= 0.6 is 0 Å². The number of carbonyl (C=O) groups excluding carboxylic acids is 1. The predicted octanol–water partition coefficient (Wildman–Crippen LogP) is 0.350. The number of aromatic nitrogens is 2. The highest BCUT2D eigenvalue weighted by Crippen LogP contribution is 2.23. The second kappa shape index (κ2) is 6.20. The van der Waals surface area contributed by atoms with Gasteiger partial charge < -0.3 is 5.32 Å². The lowest BCUT2D eigenvalue weighted by Crippen LogP contribution is -2.47. The first-order valence-electron chi connectivity index (χ1n) is 7.36. The van der Waals surface area contributed by atoms with Crippen LogP contribution in [0.3, 0.4) is 0 Å². The Kier molecular flexibility index (Phi) is 4.69. The predicted molar refractivity (Wildman–Crippen MR) is 82.5 cm³/mol. The zero-order chi connectivity index (χ0) is 16.4. The maximum Gasteiger partial charge on any atom is 0.272 e. The van der Waals surface area contributed by atoms with E-state index >= 15 is 0 Å². The molecule has 0 bridgehead atoms. The first-order chi connectivity index (χ1) is 10.2. The molecule has 2 rings (SSSR count). The molecule has 0 spiro atoms. The van der Waals surface area contributed by atoms with Crippen molar-refractivity contribution in [3.63, 3.8) is 0 Å². The molecule has 1 saturated heterocycles. The second-order valence-electron chi connectivity index (χ2n) is 5.99. The number of aryl methyl sites for hydroxylation is 1. The number of carbonyl (C=O) groups is 1. The van der Waals surface area contributed by atoms with Crippen LogP contribution in [0.25, 0.3) is 0 Å². The van der Waals surface area contributed by atoms with Crippen LogP contribution in [0.1, 0.15) is 43.6 Å². The third kappa shape index (κ3) is 3.94. The summed E-state index contributed by atoms with van der Waals surface area (Å²) in [6, 6.07) is 2.68. The molecule has 0 saturated carbocycles. The van der Waals surface area contributed by atoms with Crippen molar-refractivity contribution in [2.24, 2.45) is 0 Å². The van der Waals surface area contributed by atoms with E-state index in [-0.39, 0.29) is 22.8 Å². The fourth-order valence-corrected chi connectivity index (χ4v) is 4.58. The van der Waals surface area contributed by atoms with Crippen LogP contribution < -0.4 is 10.9 Å². The zero-order valence-corrected chi connectivity index (χ0v) is 13.6. The summed E-state index contributed by atoms with van der Waals surface area (Å²) in [4.78, 5) is 24.0. The van der Waals surface area contributed by atoms with E-state index in [1.54, 1.807) is 6.92 Å². The first kappa shape index (κ1) is 16.7. The van der Waals surface area contributed by atoms with E-state index in [1.165, 1.54) is 16.8 Å². The van der Waals surface area contributed by atoms with Gasteiger partial charge in [0.25, 0.3) is 11.5 Å². The normalized spacial score (nSPS) is 23.4. The molecule has 0 aromatic carbocycles. The largest absolute Gasteiger partial charge is 0.344 e. The summed E-state index contributed by atoms with van der Waals surface area (Å²) in [7, 11) is -3.10. The minimum atomic E-state index is -3.10. The number of hydrogen-bond donors (Lipinski definition) is 1. The lowest BCUT2D eigenvalue weighted by Gasteiger charge is -2.23. The standard InChI is InChI=1S/C14H21N3O4S/c1-3-4-8-17-12(18)6-5-11(16-17)13(19)15-14(2)7-9-22(20,21)10-14/h5-6H,3-4,7-10H2,1-2H3,(H,15,19). The molecular formula is C14H21N3O4S. The van der Waals surface area contributed by atoms with Crippen molar-refractivity contribution in [1.82, 2.24) is 15.1 Å². The van der Waals surface area contributed by atoms with Crippen LogP contribution in [0.5, 0.6) is 0 Å². The molecule has 122 valence electrons. The van der Waals surface area contributed by atoms with E-state index in [9.17, 15) is 18.0 Å². The molecule has 1 amide bonds. The fraction of sp³-hybridized carbons (Fsp3) is 0.643. The highest BCUT2D eigenvalue weighted by molar-refractivity contribution is 7.91. The van der Waals surface area contributed by atoms with E-state index in [2.05, 4.69) is 10.4 Å². The van der Waals surface area contributed by atoms with Gasteiger partial charge in [-0.3, -0.25) is 9.59 Å². The summed E-state index contributed by atoms with van der Waals surface area (Å²) in [5.41, 5.74) is -0.900. The molecule has 1 aliphatic rings. The van der Waals surface area contributed by atoms with E-state index < -0.39 is 21.3 Å². The summed E-state index contributed by atoms with van der Waals surface area (Å²) in [6.07, 6.45) is 2.10. The summed E-state index contributed by atoms with van der Waals surface area (Å²) in [5.74, 6) is -0.445. The number of sulfone groups is 1. The first-order valence-corrected chi connectivity index (χ1v) is 9.18. The summed E-state index contributed by atoms with van der Waals surface area (Å²) in [6.45, 7) is 4.17. The van der Waals surface area contributed by atoms with Crippen LogP contribution in [-0.2, 0) is 16.4 Å². The molecule has 1 fully saturated rings. The molecule has 0 radical (unpaired) electrons. The van der Waals surface area contributed by atoms with Crippen LogP contribution in [0.15, 0.2) is 16.9 Å². The van der Waals surface area contributed by atoms with Crippen molar-refractivity contribution in [3.05, 3.63) is 28.2 Å². The Balaban J connectivity index is 2.15. The number of unbranched alkanes of at least 4 members (excludes halogenated alkanes) is 1. The summed E-state index contributed by atoms with van der Waals surface area (Å²) in [5, 5.41) is 6.80. The number of rotatable bonds is 5. The lowest BCUT2D eigenvalue weighted by molar-refractivity contribution is 0.0907. The van der Waals surface area contributed by atoms with Crippen molar-refractivity contribution in [1.29, 1.82) is 0 Å². The maximum absolute atomic E-state index is 12.3. The van der Waals surface area contributed by atoms with E-state index in [1.807, 2.05) is 6.92 Å². The molecule has 1 aromatic rings. The number of amides is 1. The van der Waals surface area contributed by atoms with E-state index in [4.69, 9.17) is 0 Å². The molecule has 8 heteroatoms. The zero-order valence-electron chi connectivity index (χ0n) is 12.8. The van der Waals surface area contributed by atoms with Gasteiger partial charge in [0.05, 0.1) is 17.0 Å². The third-order valence-corrected chi connectivity index (χ3v) is 5.64. The second-order valence-corrected chi connectivity index (χ2v) is 8.17. The highest BCUT2D eigenvalue weighted by Gasteiger charge is 2.39. The average Bonchev–Trinajstić information content (AvgIpc) is 2.71. The smallest absolute Gasteiger partial charge is 0.272 e. The van der Waals surface area contributed by atoms with Crippen molar-refractivity contribution in [3.8, 4) is 0 Å². The van der Waals surface area contributed by atoms with Gasteiger partial charge >= 0.3 is 0 Å². The molecule has 1 aromatic heterocycles. The minimum absolute atomic E-state index is 0.0682. The fourth-order valence-electron chi connectivity index (χ4n) is 2.49. The topological polar surface area (TPSA) is 98.1 Å². The van der Waals surface area contributed by atoms with Crippen molar-refractivity contribution >= 4 is 15.7 Å². The van der Waals surface area contributed by atoms with Crippen molar-refractivity contribution in [2.75, 3.05) is 11.5 Å². The Labute approximate surface area is 129 Å². The summed E-state index contributed by atoms with van der Waals surface area (Å²) < 4.78 is 24.4. The van der Waals surface area contributed by atoms with Gasteiger partial charge in [-0.25, -0.2) is 13.1 Å². The van der Waals surface area contributed by atoms with Gasteiger partial charge in [-0.1, -0.05) is 13.3 Å². The Morgan fingerprint density at radius 2 is 2.18 bits per heavy atom. The SMILES string of the molecule is CCCCn1nc(C(=O)NC2(C)CCS(=O)(=O)C2)ccc1=O. The minimum Gasteiger partial charge on any atom is -0.344 e. The molecule has 1 atom stereocenters. The Morgan fingerprint density at radius 3 is 2.77 bits per heavy atom. The highest BCUT2D eigenvalue weighted by atomic mass is 32.2. The van der Waals surface area contributed by atoms with Gasteiger partial charge in [-0.2, -0.15) is 5.10 Å². The molecular weight excluding hydrogens is 306 g/mol. The molecule has 1 aliphatic heterocycles. The van der Waals surface area contributed by atoms with Gasteiger partial charge in [-0.15, -0.1) is 0 Å². The Morgan fingerprint density at radius 1 is 1.45 bits per heavy atom. The van der Waals surface area contributed by atoms with Crippen LogP contribution in [-0.4, -0.2) is 41.2 Å². The van der Waals surface area contributed by atoms with Crippen molar-refractivity contribution < 1.29 is 13.2 Å². The van der Waals surface area contributed by atoms with Crippen LogP contribution in [0.4, 0.5) is 0 Å². The lowest BCUT2D eigenvalue weighted by atomic mass is 10.0. The average molecular weight is 327 g/mol. The number of nitrogens with one attached hydrogen (secondary N) is 1.